The Labute approximate surface area is 179 Å². The van der Waals surface area contributed by atoms with Crippen LogP contribution in [0.3, 0.4) is 0 Å². The average Bonchev–Trinajstić information content (AvgIpc) is 2.94. The number of hydrogen-bond acceptors (Lipinski definition) is 7. The minimum atomic E-state index is -4.08. The lowest BCUT2D eigenvalue weighted by Gasteiger charge is -2.18. The van der Waals surface area contributed by atoms with E-state index in [4.69, 9.17) is 21.1 Å². The number of sulfonamides is 2. The van der Waals surface area contributed by atoms with Crippen LogP contribution >= 0.6 is 11.6 Å². The maximum absolute atomic E-state index is 13.0. The highest BCUT2D eigenvalue weighted by molar-refractivity contribution is 7.94. The minimum Gasteiger partial charge on any atom is -0.495 e. The summed E-state index contributed by atoms with van der Waals surface area (Å²) in [5.41, 5.74) is 0.467. The highest BCUT2D eigenvalue weighted by Gasteiger charge is 2.36. The Balaban J connectivity index is 1.99. The average molecular weight is 475 g/mol. The van der Waals surface area contributed by atoms with Gasteiger partial charge in [0.05, 0.1) is 41.3 Å². The molecule has 0 unspecified atom stereocenters. The third-order valence-electron chi connectivity index (χ3n) is 4.48. The van der Waals surface area contributed by atoms with E-state index in [-0.39, 0.29) is 50.5 Å². The Morgan fingerprint density at radius 2 is 1.77 bits per heavy atom. The summed E-state index contributed by atoms with van der Waals surface area (Å²) >= 11 is 6.04. The Morgan fingerprint density at radius 3 is 2.30 bits per heavy atom. The Hall–Kier alpha value is -2.50. The molecule has 1 aliphatic heterocycles. The molecular formula is C18H19ClN2O7S2. The predicted molar refractivity (Wildman–Crippen MR) is 112 cm³/mol. The molecule has 2 aromatic carbocycles. The molecule has 2 aromatic rings. The number of carbonyl (C=O) groups excluding carboxylic acids is 1. The molecule has 3 rings (SSSR count). The standard InChI is InChI=1S/C18H19ClN2O7S2/c1-11-8-12(21-18(22)6-7-29(21,23)24)4-5-17(11)30(25,26)20-14-10-15(27-2)13(19)9-16(14)28-3/h4-5,8-10,20H,6-7H2,1-3H3. The number of halogens is 1. The van der Waals surface area contributed by atoms with Crippen LogP contribution in [0.25, 0.3) is 0 Å². The summed E-state index contributed by atoms with van der Waals surface area (Å²) in [6.07, 6.45) is -0.110. The summed E-state index contributed by atoms with van der Waals surface area (Å²) in [5, 5.41) is 0.245. The van der Waals surface area contributed by atoms with Crippen LogP contribution in [0.15, 0.2) is 35.2 Å². The molecule has 1 saturated heterocycles. The fourth-order valence-corrected chi connectivity index (χ4v) is 6.04. The molecule has 0 spiro atoms. The molecule has 0 bridgehead atoms. The first-order valence-corrected chi connectivity index (χ1v) is 12.1. The second-order valence-corrected chi connectivity index (χ2v) is 10.5. The van der Waals surface area contributed by atoms with E-state index in [1.54, 1.807) is 0 Å². The molecule has 1 amide bonds. The monoisotopic (exact) mass is 474 g/mol. The van der Waals surface area contributed by atoms with E-state index in [0.717, 1.165) is 0 Å². The van der Waals surface area contributed by atoms with Gasteiger partial charge in [-0.15, -0.1) is 0 Å². The van der Waals surface area contributed by atoms with Crippen molar-refractivity contribution in [2.24, 2.45) is 0 Å². The van der Waals surface area contributed by atoms with Crippen LogP contribution in [0.1, 0.15) is 12.0 Å². The molecule has 12 heteroatoms. The third kappa shape index (κ3) is 4.05. The van der Waals surface area contributed by atoms with Gasteiger partial charge in [-0.1, -0.05) is 11.6 Å². The van der Waals surface area contributed by atoms with Crippen molar-refractivity contribution in [2.45, 2.75) is 18.2 Å². The molecule has 162 valence electrons. The summed E-state index contributed by atoms with van der Waals surface area (Å²) in [5.74, 6) is -0.390. The number of methoxy groups -OCH3 is 2. The smallest absolute Gasteiger partial charge is 0.262 e. The number of aryl methyl sites for hydroxylation is 1. The predicted octanol–water partition coefficient (Wildman–Crippen LogP) is 2.53. The lowest BCUT2D eigenvalue weighted by Crippen LogP contribution is -2.29. The van der Waals surface area contributed by atoms with Gasteiger partial charge < -0.3 is 9.47 Å². The van der Waals surface area contributed by atoms with Gasteiger partial charge in [-0.2, -0.15) is 0 Å². The molecule has 0 saturated carbocycles. The number of hydrogen-bond donors (Lipinski definition) is 1. The van der Waals surface area contributed by atoms with E-state index in [0.29, 0.717) is 4.31 Å². The zero-order chi connectivity index (χ0) is 22.3. The lowest BCUT2D eigenvalue weighted by atomic mass is 10.2. The molecule has 1 fully saturated rings. The topological polar surface area (TPSA) is 119 Å². The van der Waals surface area contributed by atoms with Crippen LogP contribution in [0.5, 0.6) is 11.5 Å². The Bertz CT molecular complexity index is 1230. The molecule has 9 nitrogen and oxygen atoms in total. The SMILES string of the molecule is COc1cc(NS(=O)(=O)c2ccc(N3C(=O)CCS3(=O)=O)cc2C)c(OC)cc1Cl. The molecule has 0 aromatic heterocycles. The van der Waals surface area contributed by atoms with Crippen molar-refractivity contribution in [1.29, 1.82) is 0 Å². The number of benzene rings is 2. The van der Waals surface area contributed by atoms with Gasteiger partial charge in [0.15, 0.2) is 0 Å². The molecule has 0 atom stereocenters. The van der Waals surface area contributed by atoms with Crippen molar-refractivity contribution in [1.82, 2.24) is 0 Å². The Kier molecular flexibility index (Phi) is 5.89. The number of carbonyl (C=O) groups is 1. The summed E-state index contributed by atoms with van der Waals surface area (Å²) in [6, 6.07) is 6.67. The number of anilines is 2. The minimum absolute atomic E-state index is 0.0914. The van der Waals surface area contributed by atoms with E-state index >= 15 is 0 Å². The van der Waals surface area contributed by atoms with Crippen molar-refractivity contribution in [3.8, 4) is 11.5 Å². The maximum Gasteiger partial charge on any atom is 0.262 e. The van der Waals surface area contributed by atoms with Crippen LogP contribution in [-0.2, 0) is 24.8 Å². The van der Waals surface area contributed by atoms with Crippen molar-refractivity contribution in [2.75, 3.05) is 29.0 Å². The van der Waals surface area contributed by atoms with E-state index < -0.39 is 26.0 Å². The van der Waals surface area contributed by atoms with Gasteiger partial charge in [0.25, 0.3) is 10.0 Å². The van der Waals surface area contributed by atoms with E-state index in [1.807, 2.05) is 0 Å². The van der Waals surface area contributed by atoms with Crippen LogP contribution in [0.2, 0.25) is 5.02 Å². The first kappa shape index (κ1) is 22.2. The summed E-state index contributed by atoms with van der Waals surface area (Å²) in [6.45, 7) is 1.50. The molecule has 30 heavy (non-hydrogen) atoms. The lowest BCUT2D eigenvalue weighted by molar-refractivity contribution is -0.116. The second-order valence-electron chi connectivity index (χ2n) is 6.47. The van der Waals surface area contributed by atoms with Gasteiger partial charge in [-0.05, 0) is 30.7 Å². The fraction of sp³-hybridized carbons (Fsp3) is 0.278. The van der Waals surface area contributed by atoms with Crippen molar-refractivity contribution < 1.29 is 31.1 Å². The first-order chi connectivity index (χ1) is 14.0. The molecule has 1 N–H and O–H groups in total. The molecule has 1 aliphatic rings. The Morgan fingerprint density at radius 1 is 1.10 bits per heavy atom. The van der Waals surface area contributed by atoms with Crippen LogP contribution in [0.4, 0.5) is 11.4 Å². The number of ether oxygens (including phenoxy) is 2. The summed E-state index contributed by atoms with van der Waals surface area (Å²) in [7, 11) is -5.07. The number of amides is 1. The molecule has 0 aliphatic carbocycles. The zero-order valence-electron chi connectivity index (χ0n) is 16.3. The van der Waals surface area contributed by atoms with Gasteiger partial charge in [0, 0.05) is 18.6 Å². The molecular weight excluding hydrogens is 456 g/mol. The van der Waals surface area contributed by atoms with E-state index in [1.165, 1.54) is 51.5 Å². The van der Waals surface area contributed by atoms with Gasteiger partial charge in [-0.3, -0.25) is 9.52 Å². The quantitative estimate of drug-likeness (QED) is 0.683. The number of nitrogens with zero attached hydrogens (tertiary/aromatic N) is 1. The van der Waals surface area contributed by atoms with E-state index in [9.17, 15) is 21.6 Å². The van der Waals surface area contributed by atoms with Crippen LogP contribution < -0.4 is 18.5 Å². The van der Waals surface area contributed by atoms with E-state index in [2.05, 4.69) is 4.72 Å². The van der Waals surface area contributed by atoms with Crippen LogP contribution in [-0.4, -0.2) is 42.7 Å². The highest BCUT2D eigenvalue weighted by Crippen LogP contribution is 2.37. The van der Waals surface area contributed by atoms with Gasteiger partial charge in [0.2, 0.25) is 15.9 Å². The highest BCUT2D eigenvalue weighted by atomic mass is 35.5. The van der Waals surface area contributed by atoms with Gasteiger partial charge >= 0.3 is 0 Å². The van der Waals surface area contributed by atoms with Gasteiger partial charge in [0.1, 0.15) is 11.5 Å². The van der Waals surface area contributed by atoms with Crippen molar-refractivity contribution >= 4 is 48.9 Å². The summed E-state index contributed by atoms with van der Waals surface area (Å²) in [4.78, 5) is 11.9. The maximum atomic E-state index is 13.0. The van der Waals surface area contributed by atoms with Crippen molar-refractivity contribution in [3.05, 3.63) is 40.9 Å². The number of rotatable bonds is 6. The number of nitrogens with one attached hydrogen (secondary N) is 1. The second kappa shape index (κ2) is 7.97. The first-order valence-electron chi connectivity index (χ1n) is 8.61. The molecule has 0 radical (unpaired) electrons. The van der Waals surface area contributed by atoms with Crippen LogP contribution in [0, 0.1) is 6.92 Å². The molecule has 1 heterocycles. The normalized spacial score (nSPS) is 15.9. The van der Waals surface area contributed by atoms with Gasteiger partial charge in [-0.25, -0.2) is 21.1 Å². The third-order valence-corrected chi connectivity index (χ3v) is 7.99. The summed E-state index contributed by atoms with van der Waals surface area (Å²) < 4.78 is 63.5. The zero-order valence-corrected chi connectivity index (χ0v) is 18.7. The van der Waals surface area contributed by atoms with Crippen molar-refractivity contribution in [3.63, 3.8) is 0 Å². The largest absolute Gasteiger partial charge is 0.495 e. The fourth-order valence-electron chi connectivity index (χ4n) is 3.07.